The third kappa shape index (κ3) is 5.14. The van der Waals surface area contributed by atoms with Gasteiger partial charge < -0.3 is 20.5 Å². The number of ether oxygens (including phenoxy) is 2. The molecule has 1 aliphatic heterocycles. The molecule has 0 radical (unpaired) electrons. The first kappa shape index (κ1) is 18.1. The van der Waals surface area contributed by atoms with E-state index in [2.05, 4.69) is 15.5 Å². The molecule has 1 aromatic carbocycles. The third-order valence-electron chi connectivity index (χ3n) is 2.63. The lowest BCUT2D eigenvalue weighted by Crippen LogP contribution is -2.20. The van der Waals surface area contributed by atoms with E-state index < -0.39 is 5.91 Å². The topological polar surface area (TPSA) is 115 Å². The summed E-state index contributed by atoms with van der Waals surface area (Å²) >= 11 is 7.44. The number of amides is 2. The number of amidine groups is 1. The van der Waals surface area contributed by atoms with E-state index in [-0.39, 0.29) is 23.3 Å². The predicted octanol–water partition coefficient (Wildman–Crippen LogP) is 1.16. The molecule has 0 aliphatic carbocycles. The lowest BCUT2D eigenvalue weighted by Gasteiger charge is -2.13. The molecule has 0 unspecified atom stereocenters. The summed E-state index contributed by atoms with van der Waals surface area (Å²) in [7, 11) is 0. The fraction of sp³-hybridized carbons (Fsp3) is 0.286. The number of nitrogens with zero attached hydrogens (tertiary/aromatic N) is 2. The predicted molar refractivity (Wildman–Crippen MR) is 92.9 cm³/mol. The zero-order valence-electron chi connectivity index (χ0n) is 12.7. The number of nitrogens with two attached hydrogens (primary N) is 1. The van der Waals surface area contributed by atoms with E-state index in [9.17, 15) is 9.59 Å². The van der Waals surface area contributed by atoms with Gasteiger partial charge in [-0.15, -0.1) is 5.10 Å². The number of hydrogen-bond donors (Lipinski definition) is 2. The van der Waals surface area contributed by atoms with Crippen LogP contribution in [0.1, 0.15) is 12.5 Å². The fourth-order valence-electron chi connectivity index (χ4n) is 1.74. The molecule has 0 aromatic heterocycles. The number of carbonyl (C=O) groups excluding carboxylic acids is 2. The van der Waals surface area contributed by atoms with Crippen LogP contribution in [0.15, 0.2) is 22.3 Å². The third-order valence-corrected chi connectivity index (χ3v) is 3.78. The first-order chi connectivity index (χ1) is 11.5. The largest absolute Gasteiger partial charge is 0.490 e. The maximum Gasteiger partial charge on any atom is 0.255 e. The van der Waals surface area contributed by atoms with Crippen LogP contribution in [0.2, 0.25) is 5.02 Å². The van der Waals surface area contributed by atoms with Crippen molar-refractivity contribution in [3.8, 4) is 11.5 Å². The molecule has 24 heavy (non-hydrogen) atoms. The second kappa shape index (κ2) is 8.55. The van der Waals surface area contributed by atoms with E-state index in [1.807, 2.05) is 0 Å². The summed E-state index contributed by atoms with van der Waals surface area (Å²) in [4.78, 5) is 21.9. The quantitative estimate of drug-likeness (QED) is 0.552. The number of nitrogens with one attached hydrogen (secondary N) is 1. The first-order valence-corrected chi connectivity index (χ1v) is 8.27. The minimum Gasteiger partial charge on any atom is -0.490 e. The number of halogens is 1. The maximum atomic E-state index is 11.0. The monoisotopic (exact) mass is 370 g/mol. The molecule has 0 saturated carbocycles. The van der Waals surface area contributed by atoms with E-state index in [1.165, 1.54) is 18.0 Å². The highest BCUT2D eigenvalue weighted by Crippen LogP contribution is 2.36. The number of carbonyl (C=O) groups is 2. The second-order valence-corrected chi connectivity index (χ2v) is 5.88. The van der Waals surface area contributed by atoms with Crippen LogP contribution in [-0.4, -0.2) is 42.2 Å². The molecule has 1 aliphatic rings. The van der Waals surface area contributed by atoms with E-state index in [1.54, 1.807) is 19.1 Å². The second-order valence-electron chi connectivity index (χ2n) is 4.50. The van der Waals surface area contributed by atoms with Gasteiger partial charge in [-0.1, -0.05) is 23.4 Å². The van der Waals surface area contributed by atoms with Gasteiger partial charge in [0.1, 0.15) is 0 Å². The Kier molecular flexibility index (Phi) is 6.44. The summed E-state index contributed by atoms with van der Waals surface area (Å²) in [6, 6.07) is 3.24. The average molecular weight is 371 g/mol. The molecular weight excluding hydrogens is 356 g/mol. The Morgan fingerprint density at radius 2 is 2.29 bits per heavy atom. The van der Waals surface area contributed by atoms with Crippen molar-refractivity contribution in [1.82, 2.24) is 5.32 Å². The Morgan fingerprint density at radius 3 is 2.92 bits per heavy atom. The average Bonchev–Trinajstić information content (AvgIpc) is 2.92. The minimum atomic E-state index is -0.619. The fourth-order valence-corrected chi connectivity index (χ4v) is 2.64. The standard InChI is InChI=1S/C14H15ClN4O4S/c1-2-22-10-4-8(3-9(15)13(10)23-6-11(16)20)5-17-19-14-18-12(21)7-24-14/h3-5H,2,6-7H2,1H3,(H2,16,20)(H,18,19,21). The van der Waals surface area contributed by atoms with Gasteiger partial charge in [0, 0.05) is 5.56 Å². The Hall–Kier alpha value is -2.26. The lowest BCUT2D eigenvalue weighted by atomic mass is 10.2. The van der Waals surface area contributed by atoms with Crippen LogP contribution in [0.5, 0.6) is 11.5 Å². The summed E-state index contributed by atoms with van der Waals surface area (Å²) < 4.78 is 10.7. The smallest absolute Gasteiger partial charge is 0.255 e. The summed E-state index contributed by atoms with van der Waals surface area (Å²) in [5, 5.41) is 11.1. The van der Waals surface area contributed by atoms with Crippen LogP contribution in [-0.2, 0) is 9.59 Å². The van der Waals surface area contributed by atoms with Crippen LogP contribution in [0.25, 0.3) is 0 Å². The van der Waals surface area contributed by atoms with Gasteiger partial charge in [-0.2, -0.15) is 5.10 Å². The van der Waals surface area contributed by atoms with Crippen molar-refractivity contribution >= 4 is 46.6 Å². The number of benzene rings is 1. The van der Waals surface area contributed by atoms with Gasteiger partial charge >= 0.3 is 0 Å². The zero-order valence-corrected chi connectivity index (χ0v) is 14.3. The van der Waals surface area contributed by atoms with Crippen molar-refractivity contribution in [2.45, 2.75) is 6.92 Å². The van der Waals surface area contributed by atoms with Crippen LogP contribution < -0.4 is 20.5 Å². The molecular formula is C14H15ClN4O4S. The number of hydrogen-bond acceptors (Lipinski definition) is 7. The Balaban J connectivity index is 2.18. The summed E-state index contributed by atoms with van der Waals surface area (Å²) in [5.41, 5.74) is 5.68. The van der Waals surface area contributed by atoms with Crippen molar-refractivity contribution in [3.05, 3.63) is 22.7 Å². The van der Waals surface area contributed by atoms with E-state index >= 15 is 0 Å². The van der Waals surface area contributed by atoms with E-state index in [0.717, 1.165) is 0 Å². The van der Waals surface area contributed by atoms with E-state index in [0.29, 0.717) is 28.8 Å². The van der Waals surface area contributed by atoms with Crippen molar-refractivity contribution in [2.75, 3.05) is 19.0 Å². The Bertz CT molecular complexity index is 708. The maximum absolute atomic E-state index is 11.0. The van der Waals surface area contributed by atoms with Gasteiger partial charge in [0.05, 0.1) is 23.6 Å². The van der Waals surface area contributed by atoms with Gasteiger partial charge in [-0.05, 0) is 19.1 Å². The van der Waals surface area contributed by atoms with Crippen molar-refractivity contribution in [1.29, 1.82) is 0 Å². The Labute approximate surface area is 147 Å². The van der Waals surface area contributed by atoms with Crippen LogP contribution in [0, 0.1) is 0 Å². The molecule has 8 nitrogen and oxygen atoms in total. The summed E-state index contributed by atoms with van der Waals surface area (Å²) in [5.74, 6) is 0.210. The van der Waals surface area contributed by atoms with Gasteiger partial charge in [0.15, 0.2) is 23.3 Å². The molecule has 3 N–H and O–H groups in total. The van der Waals surface area contributed by atoms with Crippen LogP contribution in [0.4, 0.5) is 0 Å². The minimum absolute atomic E-state index is 0.105. The highest BCUT2D eigenvalue weighted by Gasteiger charge is 2.16. The number of rotatable bonds is 7. The van der Waals surface area contributed by atoms with Crippen molar-refractivity contribution in [3.63, 3.8) is 0 Å². The Morgan fingerprint density at radius 1 is 1.50 bits per heavy atom. The zero-order chi connectivity index (χ0) is 17.5. The van der Waals surface area contributed by atoms with Crippen molar-refractivity contribution < 1.29 is 19.1 Å². The van der Waals surface area contributed by atoms with Gasteiger partial charge in [0.25, 0.3) is 5.91 Å². The summed E-state index contributed by atoms with van der Waals surface area (Å²) in [6.07, 6.45) is 1.46. The van der Waals surface area contributed by atoms with E-state index in [4.69, 9.17) is 26.8 Å². The number of primary amides is 1. The normalized spacial score (nSPS) is 15.8. The molecule has 1 heterocycles. The molecule has 128 valence electrons. The molecule has 10 heteroatoms. The lowest BCUT2D eigenvalue weighted by molar-refractivity contribution is -0.120. The molecule has 1 saturated heterocycles. The molecule has 0 bridgehead atoms. The van der Waals surface area contributed by atoms with Gasteiger partial charge in [-0.25, -0.2) is 0 Å². The van der Waals surface area contributed by atoms with Crippen LogP contribution in [0.3, 0.4) is 0 Å². The molecule has 1 aromatic rings. The summed E-state index contributed by atoms with van der Waals surface area (Å²) in [6.45, 7) is 1.88. The van der Waals surface area contributed by atoms with Crippen molar-refractivity contribution in [2.24, 2.45) is 15.9 Å². The highest BCUT2D eigenvalue weighted by molar-refractivity contribution is 8.15. The molecule has 0 spiro atoms. The van der Waals surface area contributed by atoms with Gasteiger partial charge in [0.2, 0.25) is 5.91 Å². The molecule has 0 atom stereocenters. The SMILES string of the molecule is CCOc1cc(C=NN=C2NC(=O)CS2)cc(Cl)c1OCC(N)=O. The molecule has 2 rings (SSSR count). The van der Waals surface area contributed by atoms with Crippen LogP contribution >= 0.6 is 23.4 Å². The molecule has 1 fully saturated rings. The highest BCUT2D eigenvalue weighted by atomic mass is 35.5. The first-order valence-electron chi connectivity index (χ1n) is 6.90. The molecule has 2 amide bonds. The number of thioether (sulfide) groups is 1. The van der Waals surface area contributed by atoms with Gasteiger partial charge in [-0.3, -0.25) is 9.59 Å².